The third kappa shape index (κ3) is 1.22. The average Bonchev–Trinajstić information content (AvgIpc) is 3.00. The molecule has 0 aromatic carbocycles. The zero-order valence-corrected chi connectivity index (χ0v) is 9.98. The van der Waals surface area contributed by atoms with E-state index >= 15 is 0 Å². The molecule has 0 atom stereocenters. The molecule has 2 nitrogen and oxygen atoms in total. The van der Waals surface area contributed by atoms with Gasteiger partial charge in [0, 0.05) is 16.7 Å². The lowest BCUT2D eigenvalue weighted by atomic mass is 10.4. The molecule has 4 heteroatoms. The van der Waals surface area contributed by atoms with E-state index < -0.39 is 7.14 Å². The highest BCUT2D eigenvalue weighted by Crippen LogP contribution is 2.69. The summed E-state index contributed by atoms with van der Waals surface area (Å²) in [5.41, 5.74) is 3.14. The van der Waals surface area contributed by atoms with Crippen molar-refractivity contribution >= 4 is 24.1 Å². The van der Waals surface area contributed by atoms with E-state index in [0.717, 1.165) is 11.0 Å². The van der Waals surface area contributed by atoms with Gasteiger partial charge in [0.25, 0.3) is 0 Å². The van der Waals surface area contributed by atoms with Crippen molar-refractivity contribution in [2.75, 3.05) is 0 Å². The summed E-state index contributed by atoms with van der Waals surface area (Å²) in [6, 6.07) is 0. The maximum atomic E-state index is 13.0. The molecule has 14 heavy (non-hydrogen) atoms. The largest absolute Gasteiger partial charge is 0.316 e. The van der Waals surface area contributed by atoms with Gasteiger partial charge < -0.3 is 4.57 Å². The number of aromatic nitrogens is 1. The molecule has 76 valence electrons. The summed E-state index contributed by atoms with van der Waals surface area (Å²) in [5.74, 6) is 0. The normalized spacial score (nSPS) is 22.6. The van der Waals surface area contributed by atoms with Crippen LogP contribution in [0.1, 0.15) is 31.2 Å². The summed E-state index contributed by atoms with van der Waals surface area (Å²) in [7, 11) is -2.08. The van der Waals surface area contributed by atoms with Gasteiger partial charge in [-0.3, -0.25) is 0 Å². The maximum absolute atomic E-state index is 13.0. The smallest absolute Gasteiger partial charge is 0.140 e. The van der Waals surface area contributed by atoms with Crippen LogP contribution in [-0.2, 0) is 4.57 Å². The molecule has 2 aliphatic rings. The zero-order valence-electron chi connectivity index (χ0n) is 8.27. The molecular weight excluding hydrogens is 213 g/mol. The summed E-state index contributed by atoms with van der Waals surface area (Å²) < 4.78 is 17.4. The van der Waals surface area contributed by atoms with Gasteiger partial charge in [0.15, 0.2) is 0 Å². The fourth-order valence-corrected chi connectivity index (χ4v) is 7.22. The molecule has 1 aromatic rings. The first kappa shape index (κ1) is 9.11. The lowest BCUT2D eigenvalue weighted by Gasteiger charge is -2.15. The van der Waals surface area contributed by atoms with Crippen LogP contribution in [0.3, 0.4) is 0 Å². The SMILES string of the molecule is Cc1csnc1P(=O)(C1CC1)C1CC1. The Morgan fingerprint density at radius 3 is 2.29 bits per heavy atom. The minimum atomic E-state index is -2.08. The molecular formula is C10H14NOPS. The monoisotopic (exact) mass is 227 g/mol. The van der Waals surface area contributed by atoms with Crippen molar-refractivity contribution < 1.29 is 4.57 Å². The molecule has 0 bridgehead atoms. The Morgan fingerprint density at radius 1 is 1.36 bits per heavy atom. The third-order valence-corrected chi connectivity index (χ3v) is 8.43. The van der Waals surface area contributed by atoms with Gasteiger partial charge in [-0.1, -0.05) is 0 Å². The van der Waals surface area contributed by atoms with Gasteiger partial charge in [-0.2, -0.15) is 4.37 Å². The highest BCUT2D eigenvalue weighted by molar-refractivity contribution is 7.73. The van der Waals surface area contributed by atoms with Crippen LogP contribution in [0.15, 0.2) is 5.38 Å². The maximum Gasteiger partial charge on any atom is 0.140 e. The summed E-state index contributed by atoms with van der Waals surface area (Å²) in [4.78, 5) is 0. The first-order chi connectivity index (χ1) is 6.73. The molecule has 0 unspecified atom stereocenters. The Balaban J connectivity index is 2.07. The summed E-state index contributed by atoms with van der Waals surface area (Å²) in [6.07, 6.45) is 4.69. The minimum absolute atomic E-state index is 0.496. The third-order valence-electron chi connectivity index (χ3n) is 3.23. The van der Waals surface area contributed by atoms with Crippen LogP contribution in [0.25, 0.3) is 0 Å². The molecule has 2 fully saturated rings. The second-order valence-electron chi connectivity index (χ2n) is 4.49. The van der Waals surface area contributed by atoms with E-state index in [9.17, 15) is 4.57 Å². The van der Waals surface area contributed by atoms with E-state index in [2.05, 4.69) is 11.3 Å². The zero-order chi connectivity index (χ0) is 9.76. The first-order valence-electron chi connectivity index (χ1n) is 5.24. The number of hydrogen-bond donors (Lipinski definition) is 0. The highest BCUT2D eigenvalue weighted by atomic mass is 32.1. The van der Waals surface area contributed by atoms with Crippen molar-refractivity contribution in [2.45, 2.75) is 43.9 Å². The Labute approximate surface area is 88.3 Å². The second kappa shape index (κ2) is 2.93. The predicted octanol–water partition coefficient (Wildman–Crippen LogP) is 2.76. The topological polar surface area (TPSA) is 30.0 Å². The van der Waals surface area contributed by atoms with E-state index in [1.165, 1.54) is 37.2 Å². The second-order valence-corrected chi connectivity index (χ2v) is 8.42. The van der Waals surface area contributed by atoms with Crippen LogP contribution < -0.4 is 5.44 Å². The fraction of sp³-hybridized carbons (Fsp3) is 0.700. The molecule has 1 aromatic heterocycles. The summed E-state index contributed by atoms with van der Waals surface area (Å²) in [5, 5.41) is 2.03. The quantitative estimate of drug-likeness (QED) is 0.743. The standard InChI is InChI=1S/C10H14NOPS/c1-7-6-14-11-10(7)13(12,8-2-3-8)9-4-5-9/h6,8-9H,2-5H2,1H3. The van der Waals surface area contributed by atoms with Gasteiger partial charge in [-0.15, -0.1) is 0 Å². The molecule has 1 heterocycles. The Kier molecular flexibility index (Phi) is 1.91. The van der Waals surface area contributed by atoms with Crippen LogP contribution in [-0.4, -0.2) is 15.7 Å². The lowest BCUT2D eigenvalue weighted by Crippen LogP contribution is -2.15. The van der Waals surface area contributed by atoms with E-state index in [4.69, 9.17) is 0 Å². The van der Waals surface area contributed by atoms with Gasteiger partial charge >= 0.3 is 0 Å². The molecule has 0 amide bonds. The van der Waals surface area contributed by atoms with Gasteiger partial charge in [-0.05, 0) is 49.7 Å². The molecule has 0 spiro atoms. The molecule has 0 radical (unpaired) electrons. The van der Waals surface area contributed by atoms with Gasteiger partial charge in [-0.25, -0.2) is 0 Å². The van der Waals surface area contributed by atoms with E-state index in [-0.39, 0.29) is 0 Å². The Morgan fingerprint density at radius 2 is 1.93 bits per heavy atom. The summed E-state index contributed by atoms with van der Waals surface area (Å²) >= 11 is 1.46. The van der Waals surface area contributed by atoms with Crippen molar-refractivity contribution in [1.82, 2.24) is 4.37 Å². The van der Waals surface area contributed by atoms with Crippen LogP contribution in [0, 0.1) is 6.92 Å². The number of nitrogens with zero attached hydrogens (tertiary/aromatic N) is 1. The molecule has 0 N–H and O–H groups in total. The molecule has 0 saturated heterocycles. The van der Waals surface area contributed by atoms with Crippen molar-refractivity contribution in [3.8, 4) is 0 Å². The number of aryl methyl sites for hydroxylation is 1. The van der Waals surface area contributed by atoms with Crippen molar-refractivity contribution in [3.63, 3.8) is 0 Å². The molecule has 2 aliphatic carbocycles. The molecule has 2 saturated carbocycles. The Bertz CT molecular complexity index is 390. The lowest BCUT2D eigenvalue weighted by molar-refractivity contribution is 0.578. The van der Waals surface area contributed by atoms with Crippen molar-refractivity contribution in [1.29, 1.82) is 0 Å². The van der Waals surface area contributed by atoms with Crippen molar-refractivity contribution in [3.05, 3.63) is 10.9 Å². The first-order valence-corrected chi connectivity index (χ1v) is 7.92. The van der Waals surface area contributed by atoms with Gasteiger partial charge in [0.05, 0.1) is 0 Å². The van der Waals surface area contributed by atoms with Crippen molar-refractivity contribution in [2.24, 2.45) is 0 Å². The summed E-state index contributed by atoms with van der Waals surface area (Å²) in [6.45, 7) is 2.05. The average molecular weight is 227 g/mol. The van der Waals surface area contributed by atoms with Gasteiger partial charge in [0.1, 0.15) is 12.6 Å². The van der Waals surface area contributed by atoms with Crippen LogP contribution in [0.5, 0.6) is 0 Å². The minimum Gasteiger partial charge on any atom is -0.316 e. The van der Waals surface area contributed by atoms with E-state index in [1.807, 2.05) is 5.38 Å². The number of hydrogen-bond acceptors (Lipinski definition) is 3. The Hall–Kier alpha value is -0.140. The van der Waals surface area contributed by atoms with Crippen LogP contribution >= 0.6 is 18.7 Å². The number of rotatable bonds is 3. The van der Waals surface area contributed by atoms with E-state index in [0.29, 0.717) is 11.3 Å². The van der Waals surface area contributed by atoms with Crippen LogP contribution in [0.4, 0.5) is 0 Å². The molecule has 3 rings (SSSR count). The van der Waals surface area contributed by atoms with Crippen LogP contribution in [0.2, 0.25) is 0 Å². The fourth-order valence-electron chi connectivity index (χ4n) is 2.18. The van der Waals surface area contributed by atoms with Gasteiger partial charge in [0.2, 0.25) is 0 Å². The molecule has 0 aliphatic heterocycles. The highest BCUT2D eigenvalue weighted by Gasteiger charge is 2.53. The predicted molar refractivity (Wildman–Crippen MR) is 60.1 cm³/mol. The van der Waals surface area contributed by atoms with E-state index in [1.54, 1.807) is 0 Å².